The van der Waals surface area contributed by atoms with E-state index in [2.05, 4.69) is 26.1 Å². The minimum atomic E-state index is 0.0699. The fourth-order valence-electron chi connectivity index (χ4n) is 3.04. The van der Waals surface area contributed by atoms with Crippen LogP contribution < -0.4 is 5.32 Å². The first-order valence-corrected chi connectivity index (χ1v) is 8.10. The van der Waals surface area contributed by atoms with Crippen LogP contribution in [0.25, 0.3) is 0 Å². The van der Waals surface area contributed by atoms with Crippen LogP contribution >= 0.6 is 11.3 Å². The van der Waals surface area contributed by atoms with Crippen LogP contribution in [0.2, 0.25) is 0 Å². The lowest BCUT2D eigenvalue weighted by Crippen LogP contribution is -2.50. The second kappa shape index (κ2) is 6.33. The maximum atomic E-state index is 5.20. The third-order valence-electron chi connectivity index (χ3n) is 4.46. The van der Waals surface area contributed by atoms with E-state index >= 15 is 0 Å². The van der Waals surface area contributed by atoms with E-state index in [1.54, 1.807) is 7.11 Å². The molecule has 0 saturated heterocycles. The minimum absolute atomic E-state index is 0.0699. The van der Waals surface area contributed by atoms with E-state index in [4.69, 9.17) is 9.72 Å². The average molecular weight is 282 g/mol. The van der Waals surface area contributed by atoms with E-state index < -0.39 is 0 Å². The number of hydrogen-bond acceptors (Lipinski definition) is 4. The van der Waals surface area contributed by atoms with Crippen molar-refractivity contribution in [3.05, 3.63) is 15.6 Å². The number of aryl methyl sites for hydroxylation is 2. The molecule has 19 heavy (non-hydrogen) atoms. The second-order valence-electron chi connectivity index (χ2n) is 5.70. The molecule has 0 aromatic carbocycles. The van der Waals surface area contributed by atoms with E-state index in [0.717, 1.165) is 13.2 Å². The molecule has 0 amide bonds. The largest absolute Gasteiger partial charge is 0.383 e. The molecule has 1 aliphatic rings. The van der Waals surface area contributed by atoms with Crippen molar-refractivity contribution in [1.82, 2.24) is 10.3 Å². The van der Waals surface area contributed by atoms with Gasteiger partial charge in [0.05, 0.1) is 17.8 Å². The highest BCUT2D eigenvalue weighted by Crippen LogP contribution is 2.43. The topological polar surface area (TPSA) is 34.1 Å². The number of nitrogens with one attached hydrogen (secondary N) is 1. The van der Waals surface area contributed by atoms with Crippen molar-refractivity contribution in [1.29, 1.82) is 0 Å². The molecule has 3 nitrogen and oxygen atoms in total. The smallest absolute Gasteiger partial charge is 0.114 e. The van der Waals surface area contributed by atoms with Crippen molar-refractivity contribution in [2.75, 3.05) is 20.3 Å². The van der Waals surface area contributed by atoms with Crippen LogP contribution in [-0.4, -0.2) is 25.2 Å². The standard InChI is InChI=1S/C15H26N2OS/c1-11-7-5-6-8-15(11,16-9-10-18-4)14-17-12(2)13(3)19-14/h11,16H,5-10H2,1-4H3. The number of rotatable bonds is 5. The molecular weight excluding hydrogens is 256 g/mol. The van der Waals surface area contributed by atoms with Gasteiger partial charge in [0.25, 0.3) is 0 Å². The highest BCUT2D eigenvalue weighted by molar-refractivity contribution is 7.11. The SMILES string of the molecule is COCCNC1(c2nc(C)c(C)s2)CCCCC1C. The quantitative estimate of drug-likeness (QED) is 0.841. The van der Waals surface area contributed by atoms with Crippen molar-refractivity contribution in [3.8, 4) is 0 Å². The number of methoxy groups -OCH3 is 1. The molecule has 1 fully saturated rings. The first kappa shape index (κ1) is 14.9. The lowest BCUT2D eigenvalue weighted by molar-refractivity contribution is 0.128. The molecule has 0 spiro atoms. The molecule has 0 bridgehead atoms. The van der Waals surface area contributed by atoms with Crippen LogP contribution in [-0.2, 0) is 10.3 Å². The predicted octanol–water partition coefficient (Wildman–Crippen LogP) is 3.40. The summed E-state index contributed by atoms with van der Waals surface area (Å²) in [5.74, 6) is 0.642. The average Bonchev–Trinajstić information content (AvgIpc) is 2.73. The molecule has 108 valence electrons. The first-order valence-electron chi connectivity index (χ1n) is 7.28. The molecule has 1 aliphatic carbocycles. The van der Waals surface area contributed by atoms with Gasteiger partial charge in [-0.25, -0.2) is 4.98 Å². The molecule has 1 N–H and O–H groups in total. The number of aromatic nitrogens is 1. The lowest BCUT2D eigenvalue weighted by atomic mass is 9.74. The zero-order valence-electron chi connectivity index (χ0n) is 12.6. The first-order chi connectivity index (χ1) is 9.10. The van der Waals surface area contributed by atoms with E-state index in [1.165, 1.54) is 41.3 Å². The number of thiazole rings is 1. The third kappa shape index (κ3) is 3.01. The fraction of sp³-hybridized carbons (Fsp3) is 0.800. The Bertz CT molecular complexity index is 399. The van der Waals surface area contributed by atoms with Gasteiger partial charge in [-0.1, -0.05) is 19.8 Å². The van der Waals surface area contributed by atoms with Crippen LogP contribution in [0, 0.1) is 19.8 Å². The molecule has 2 atom stereocenters. The van der Waals surface area contributed by atoms with Crippen molar-refractivity contribution >= 4 is 11.3 Å². The summed E-state index contributed by atoms with van der Waals surface area (Å²) in [5.41, 5.74) is 1.26. The Hall–Kier alpha value is -0.450. The van der Waals surface area contributed by atoms with Crippen molar-refractivity contribution in [2.45, 2.75) is 52.0 Å². The monoisotopic (exact) mass is 282 g/mol. The third-order valence-corrected chi connectivity index (χ3v) is 5.71. The van der Waals surface area contributed by atoms with E-state index in [0.29, 0.717) is 5.92 Å². The van der Waals surface area contributed by atoms with Crippen molar-refractivity contribution < 1.29 is 4.74 Å². The van der Waals surface area contributed by atoms with Crippen LogP contribution in [0.4, 0.5) is 0 Å². The Kier molecular flexibility index (Phi) is 4.98. The summed E-state index contributed by atoms with van der Waals surface area (Å²) in [6.07, 6.45) is 5.13. The van der Waals surface area contributed by atoms with Gasteiger partial charge in [0, 0.05) is 18.5 Å². The molecule has 1 saturated carbocycles. The zero-order chi connectivity index (χ0) is 13.9. The maximum Gasteiger partial charge on any atom is 0.114 e. The van der Waals surface area contributed by atoms with Gasteiger partial charge < -0.3 is 10.1 Å². The van der Waals surface area contributed by atoms with E-state index in [9.17, 15) is 0 Å². The summed E-state index contributed by atoms with van der Waals surface area (Å²) in [7, 11) is 1.76. The van der Waals surface area contributed by atoms with Gasteiger partial charge in [-0.3, -0.25) is 0 Å². The Balaban J connectivity index is 2.27. The Morgan fingerprint density at radius 2 is 2.21 bits per heavy atom. The molecule has 1 aromatic heterocycles. The van der Waals surface area contributed by atoms with E-state index in [1.807, 2.05) is 11.3 Å². The maximum absolute atomic E-state index is 5.20. The molecular formula is C15H26N2OS. The molecule has 2 rings (SSSR count). The summed E-state index contributed by atoms with van der Waals surface area (Å²) in [6, 6.07) is 0. The summed E-state index contributed by atoms with van der Waals surface area (Å²) in [6.45, 7) is 8.32. The number of nitrogens with zero attached hydrogens (tertiary/aromatic N) is 1. The lowest BCUT2D eigenvalue weighted by Gasteiger charge is -2.42. The minimum Gasteiger partial charge on any atom is -0.383 e. The normalized spacial score (nSPS) is 27.7. The van der Waals surface area contributed by atoms with Gasteiger partial charge >= 0.3 is 0 Å². The van der Waals surface area contributed by atoms with Gasteiger partial charge in [0.2, 0.25) is 0 Å². The van der Waals surface area contributed by atoms with E-state index in [-0.39, 0.29) is 5.54 Å². The Morgan fingerprint density at radius 3 is 2.79 bits per heavy atom. The van der Waals surface area contributed by atoms with Crippen molar-refractivity contribution in [2.24, 2.45) is 5.92 Å². The highest BCUT2D eigenvalue weighted by Gasteiger charge is 2.41. The number of ether oxygens (including phenoxy) is 1. The second-order valence-corrected chi connectivity index (χ2v) is 6.90. The van der Waals surface area contributed by atoms with Gasteiger partial charge in [0.1, 0.15) is 5.01 Å². The zero-order valence-corrected chi connectivity index (χ0v) is 13.4. The van der Waals surface area contributed by atoms with Crippen LogP contribution in [0.3, 0.4) is 0 Å². The van der Waals surface area contributed by atoms with Gasteiger partial charge in [-0.2, -0.15) is 0 Å². The van der Waals surface area contributed by atoms with Gasteiger partial charge in [0.15, 0.2) is 0 Å². The van der Waals surface area contributed by atoms with Crippen LogP contribution in [0.15, 0.2) is 0 Å². The molecule has 1 aromatic rings. The molecule has 0 aliphatic heterocycles. The molecule has 1 heterocycles. The fourth-order valence-corrected chi connectivity index (χ4v) is 4.27. The van der Waals surface area contributed by atoms with Crippen LogP contribution in [0.1, 0.15) is 48.2 Å². The summed E-state index contributed by atoms with van der Waals surface area (Å²) < 4.78 is 5.20. The molecule has 4 heteroatoms. The van der Waals surface area contributed by atoms with Gasteiger partial charge in [-0.05, 0) is 32.6 Å². The van der Waals surface area contributed by atoms with Gasteiger partial charge in [-0.15, -0.1) is 11.3 Å². The molecule has 0 radical (unpaired) electrons. The Morgan fingerprint density at radius 1 is 1.42 bits per heavy atom. The predicted molar refractivity (Wildman–Crippen MR) is 80.8 cm³/mol. The summed E-state index contributed by atoms with van der Waals surface area (Å²) in [5, 5.41) is 5.05. The summed E-state index contributed by atoms with van der Waals surface area (Å²) in [4.78, 5) is 6.20. The Labute approximate surface area is 120 Å². The number of hydrogen-bond donors (Lipinski definition) is 1. The van der Waals surface area contributed by atoms with Crippen molar-refractivity contribution in [3.63, 3.8) is 0 Å². The highest BCUT2D eigenvalue weighted by atomic mass is 32.1. The molecule has 2 unspecified atom stereocenters. The summed E-state index contributed by atoms with van der Waals surface area (Å²) >= 11 is 1.87. The van der Waals surface area contributed by atoms with Crippen LogP contribution in [0.5, 0.6) is 0 Å².